The maximum absolute atomic E-state index is 12.9. The molecule has 0 spiro atoms. The number of nitrogens with zero attached hydrogens (tertiary/aromatic N) is 1. The molecule has 29 heavy (non-hydrogen) atoms. The summed E-state index contributed by atoms with van der Waals surface area (Å²) in [6.07, 6.45) is 1.04. The minimum atomic E-state index is -3.45. The van der Waals surface area contributed by atoms with E-state index in [-0.39, 0.29) is 17.4 Å². The van der Waals surface area contributed by atoms with Gasteiger partial charge in [0.1, 0.15) is 0 Å². The van der Waals surface area contributed by atoms with Crippen LogP contribution in [0.1, 0.15) is 54.2 Å². The van der Waals surface area contributed by atoms with Gasteiger partial charge in [0.2, 0.25) is 10.0 Å². The highest BCUT2D eigenvalue weighted by molar-refractivity contribution is 7.92. The van der Waals surface area contributed by atoms with Gasteiger partial charge in [-0.2, -0.15) is 0 Å². The number of carboxylic acid groups (broad SMARTS) is 1. The van der Waals surface area contributed by atoms with Crippen molar-refractivity contribution in [1.82, 2.24) is 0 Å². The molecule has 0 heterocycles. The first-order chi connectivity index (χ1) is 13.6. The van der Waals surface area contributed by atoms with Gasteiger partial charge in [-0.15, -0.1) is 0 Å². The van der Waals surface area contributed by atoms with Gasteiger partial charge in [-0.1, -0.05) is 37.3 Å². The van der Waals surface area contributed by atoms with Crippen LogP contribution in [-0.2, 0) is 16.4 Å². The molecule has 2 aromatic carbocycles. The second-order valence-electron chi connectivity index (χ2n) is 7.51. The first-order valence-electron chi connectivity index (χ1n) is 9.70. The molecular weight excluding hydrogens is 386 g/mol. The van der Waals surface area contributed by atoms with E-state index in [1.165, 1.54) is 4.31 Å². The third-order valence-electron chi connectivity index (χ3n) is 4.62. The predicted molar refractivity (Wildman–Crippen MR) is 119 cm³/mol. The predicted octanol–water partition coefficient (Wildman–Crippen LogP) is 4.90. The van der Waals surface area contributed by atoms with Crippen LogP contribution < -0.4 is 4.31 Å². The van der Waals surface area contributed by atoms with Gasteiger partial charge in [0, 0.05) is 11.6 Å². The fourth-order valence-electron chi connectivity index (χ4n) is 3.34. The lowest BCUT2D eigenvalue weighted by Crippen LogP contribution is -2.39. The summed E-state index contributed by atoms with van der Waals surface area (Å²) >= 11 is 0. The zero-order valence-corrected chi connectivity index (χ0v) is 18.3. The third kappa shape index (κ3) is 5.48. The number of allylic oxidation sites excluding steroid dienone is 1. The molecule has 0 aliphatic rings. The second kappa shape index (κ2) is 9.27. The van der Waals surface area contributed by atoms with Crippen LogP contribution in [-0.4, -0.2) is 31.3 Å². The maximum atomic E-state index is 12.9. The molecule has 0 fully saturated rings. The lowest BCUT2D eigenvalue weighted by Gasteiger charge is -2.30. The minimum Gasteiger partial charge on any atom is -0.478 e. The Hall–Kier alpha value is -2.60. The average molecular weight is 416 g/mol. The van der Waals surface area contributed by atoms with Gasteiger partial charge in [-0.3, -0.25) is 4.31 Å². The largest absolute Gasteiger partial charge is 0.478 e. The molecule has 0 aromatic heterocycles. The summed E-state index contributed by atoms with van der Waals surface area (Å²) in [5, 5.41) is 9.06. The van der Waals surface area contributed by atoms with Gasteiger partial charge in [0.25, 0.3) is 0 Å². The van der Waals surface area contributed by atoms with Crippen molar-refractivity contribution in [2.45, 2.75) is 46.6 Å². The lowest BCUT2D eigenvalue weighted by molar-refractivity contribution is 0.0697. The molecule has 156 valence electrons. The Kier molecular flexibility index (Phi) is 7.25. The van der Waals surface area contributed by atoms with Crippen molar-refractivity contribution in [1.29, 1.82) is 0 Å². The Morgan fingerprint density at radius 3 is 2.28 bits per heavy atom. The molecule has 0 bridgehead atoms. The summed E-state index contributed by atoms with van der Waals surface area (Å²) < 4.78 is 27.4. The van der Waals surface area contributed by atoms with Gasteiger partial charge in [-0.25, -0.2) is 13.2 Å². The van der Waals surface area contributed by atoms with Crippen LogP contribution >= 0.6 is 0 Å². The Balaban J connectivity index is 2.45. The molecule has 2 aromatic rings. The van der Waals surface area contributed by atoms with Crippen LogP contribution in [0.2, 0.25) is 0 Å². The number of sulfonamides is 1. The molecule has 0 saturated heterocycles. The van der Waals surface area contributed by atoms with Crippen LogP contribution in [0, 0.1) is 6.92 Å². The molecular formula is C23H29NO4S. The van der Waals surface area contributed by atoms with E-state index in [0.717, 1.165) is 22.3 Å². The first-order valence-corrected chi connectivity index (χ1v) is 11.3. The first kappa shape index (κ1) is 22.7. The molecule has 2 rings (SSSR count). The topological polar surface area (TPSA) is 74.7 Å². The summed E-state index contributed by atoms with van der Waals surface area (Å²) in [4.78, 5) is 11.0. The van der Waals surface area contributed by atoms with E-state index in [1.54, 1.807) is 24.3 Å². The van der Waals surface area contributed by atoms with Crippen molar-refractivity contribution in [2.75, 3.05) is 10.1 Å². The van der Waals surface area contributed by atoms with Gasteiger partial charge in [-0.05, 0) is 69.0 Å². The molecule has 0 aliphatic carbocycles. The summed E-state index contributed by atoms with van der Waals surface area (Å²) in [5.74, 6) is -0.883. The third-order valence-corrected chi connectivity index (χ3v) is 6.76. The van der Waals surface area contributed by atoms with E-state index in [1.807, 2.05) is 45.9 Å². The van der Waals surface area contributed by atoms with Crippen LogP contribution in [0.15, 0.2) is 49.0 Å². The summed E-state index contributed by atoms with van der Waals surface area (Å²) in [6, 6.07) is 12.1. The van der Waals surface area contributed by atoms with Crippen LogP contribution in [0.3, 0.4) is 0 Å². The fourth-order valence-corrected chi connectivity index (χ4v) is 5.15. The average Bonchev–Trinajstić information content (AvgIpc) is 2.62. The van der Waals surface area contributed by atoms with Gasteiger partial charge in [0.05, 0.1) is 17.0 Å². The molecule has 1 N–H and O–H groups in total. The highest BCUT2D eigenvalue weighted by atomic mass is 32.2. The number of carboxylic acids is 1. The van der Waals surface area contributed by atoms with Gasteiger partial charge in [0.15, 0.2) is 0 Å². The van der Waals surface area contributed by atoms with Crippen molar-refractivity contribution >= 4 is 27.3 Å². The maximum Gasteiger partial charge on any atom is 0.335 e. The zero-order valence-electron chi connectivity index (χ0n) is 17.5. The van der Waals surface area contributed by atoms with Crippen LogP contribution in [0.5, 0.6) is 0 Å². The van der Waals surface area contributed by atoms with Crippen molar-refractivity contribution < 1.29 is 18.3 Å². The second-order valence-corrected chi connectivity index (χ2v) is 9.47. The normalized spacial score (nSPS) is 11.5. The van der Waals surface area contributed by atoms with Crippen molar-refractivity contribution in [2.24, 2.45) is 0 Å². The van der Waals surface area contributed by atoms with Gasteiger partial charge >= 0.3 is 5.97 Å². The zero-order chi connectivity index (χ0) is 21.8. The Labute approximate surface area is 173 Å². The van der Waals surface area contributed by atoms with E-state index in [4.69, 9.17) is 5.11 Å². The Morgan fingerprint density at radius 1 is 1.14 bits per heavy atom. The molecule has 0 amide bonds. The molecule has 0 radical (unpaired) electrons. The van der Waals surface area contributed by atoms with E-state index >= 15 is 0 Å². The molecule has 0 atom stereocenters. The smallest absolute Gasteiger partial charge is 0.335 e. The van der Waals surface area contributed by atoms with Crippen molar-refractivity contribution in [3.8, 4) is 0 Å². The monoisotopic (exact) mass is 415 g/mol. The summed E-state index contributed by atoms with van der Waals surface area (Å²) in [7, 11) is -3.45. The number of hydrogen-bond donors (Lipinski definition) is 1. The number of carbonyl (C=O) groups is 1. The van der Waals surface area contributed by atoms with E-state index < -0.39 is 16.0 Å². The van der Waals surface area contributed by atoms with Gasteiger partial charge < -0.3 is 5.11 Å². The fraction of sp³-hybridized carbons (Fsp3) is 0.348. The Morgan fingerprint density at radius 2 is 1.76 bits per heavy atom. The molecule has 0 saturated carbocycles. The molecule has 5 nitrogen and oxygen atoms in total. The SMILES string of the molecule is C=C(Cc1ccc(C(=O)O)cc1)c1cc(C)ccc1N(C(C)C)S(=O)(=O)CCC. The number of rotatable bonds is 9. The molecule has 0 unspecified atom stereocenters. The number of hydrogen-bond acceptors (Lipinski definition) is 3. The number of aromatic carboxylic acids is 1. The number of benzene rings is 2. The number of anilines is 1. The standard InChI is InChI=1S/C23H29NO4S/c1-6-13-29(27,28)24(16(2)3)22-12-7-17(4)14-21(22)18(5)15-19-8-10-20(11-9-19)23(25)26/h7-12,14,16H,5-6,13,15H2,1-4H3,(H,25,26). The molecule has 6 heteroatoms. The van der Waals surface area contributed by atoms with Crippen LogP contribution in [0.4, 0.5) is 5.69 Å². The van der Waals surface area contributed by atoms with Crippen molar-refractivity contribution in [3.05, 3.63) is 71.3 Å². The van der Waals surface area contributed by atoms with Crippen molar-refractivity contribution in [3.63, 3.8) is 0 Å². The Bertz CT molecular complexity index is 992. The lowest BCUT2D eigenvalue weighted by atomic mass is 9.96. The quantitative estimate of drug-likeness (QED) is 0.632. The summed E-state index contributed by atoms with van der Waals surface area (Å²) in [6.45, 7) is 11.8. The highest BCUT2D eigenvalue weighted by Crippen LogP contribution is 2.33. The van der Waals surface area contributed by atoms with E-state index in [0.29, 0.717) is 18.5 Å². The minimum absolute atomic E-state index is 0.0849. The number of aryl methyl sites for hydroxylation is 1. The van der Waals surface area contributed by atoms with Crippen LogP contribution in [0.25, 0.3) is 5.57 Å². The highest BCUT2D eigenvalue weighted by Gasteiger charge is 2.27. The van der Waals surface area contributed by atoms with E-state index in [2.05, 4.69) is 6.58 Å². The molecule has 0 aliphatic heterocycles. The summed E-state index contributed by atoms with van der Waals surface area (Å²) in [5.41, 5.74) is 4.37. The van der Waals surface area contributed by atoms with E-state index in [9.17, 15) is 13.2 Å².